The third kappa shape index (κ3) is 3.77. The molecule has 8 nitrogen and oxygen atoms in total. The number of non-ortho nitro benzene ring substituents is 1. The third-order valence-corrected chi connectivity index (χ3v) is 5.95. The number of hydrogen-bond acceptors (Lipinski definition) is 7. The van der Waals surface area contributed by atoms with Crippen molar-refractivity contribution in [3.63, 3.8) is 0 Å². The molecule has 0 aromatic heterocycles. The minimum Gasteiger partial charge on any atom is -0.298 e. The van der Waals surface area contributed by atoms with Gasteiger partial charge >= 0.3 is 0 Å². The van der Waals surface area contributed by atoms with Gasteiger partial charge in [0.05, 0.1) is 10.3 Å². The van der Waals surface area contributed by atoms with Gasteiger partial charge in [0, 0.05) is 33.1 Å². The van der Waals surface area contributed by atoms with Crippen LogP contribution in [0.15, 0.2) is 57.0 Å². The zero-order chi connectivity index (χ0) is 20.5. The Kier molecular flexibility index (Phi) is 5.37. The molecule has 0 saturated carbocycles. The fourth-order valence-electron chi connectivity index (χ4n) is 3.13. The number of carbonyl (C=O) groups excluding carboxylic acids is 1. The first kappa shape index (κ1) is 19.6. The molecule has 4 rings (SSSR count). The van der Waals surface area contributed by atoms with Crippen LogP contribution in [-0.2, 0) is 4.79 Å². The van der Waals surface area contributed by atoms with Crippen LogP contribution in [0.4, 0.5) is 5.69 Å². The molecule has 0 bridgehead atoms. The number of rotatable bonds is 4. The summed E-state index contributed by atoms with van der Waals surface area (Å²) in [4.78, 5) is 28.5. The Labute approximate surface area is 178 Å². The molecule has 2 aromatic rings. The summed E-state index contributed by atoms with van der Waals surface area (Å²) in [6, 6.07) is 11.7. The molecule has 0 aliphatic carbocycles. The van der Waals surface area contributed by atoms with Crippen LogP contribution in [0.5, 0.6) is 0 Å². The van der Waals surface area contributed by atoms with Gasteiger partial charge in [-0.3, -0.25) is 25.2 Å². The number of hydrogen-bond donors (Lipinski definition) is 1. The van der Waals surface area contributed by atoms with Gasteiger partial charge in [-0.15, -0.1) is 5.10 Å². The van der Waals surface area contributed by atoms with E-state index >= 15 is 0 Å². The van der Waals surface area contributed by atoms with E-state index in [4.69, 9.17) is 4.99 Å². The molecular formula is C19H16BrN5O3S. The molecule has 2 heterocycles. The maximum absolute atomic E-state index is 13.0. The lowest BCUT2D eigenvalue weighted by Gasteiger charge is -2.34. The van der Waals surface area contributed by atoms with Crippen LogP contribution in [0.2, 0.25) is 0 Å². The second-order valence-electron chi connectivity index (χ2n) is 6.42. The van der Waals surface area contributed by atoms with Crippen molar-refractivity contribution in [2.45, 2.75) is 19.5 Å². The van der Waals surface area contributed by atoms with E-state index in [9.17, 15) is 14.9 Å². The quantitative estimate of drug-likeness (QED) is 0.543. The first-order chi connectivity index (χ1) is 14.0. The molecule has 0 saturated heterocycles. The predicted molar refractivity (Wildman–Crippen MR) is 114 cm³/mol. The van der Waals surface area contributed by atoms with Gasteiger partial charge in [-0.2, -0.15) is 0 Å². The number of amidine groups is 1. The van der Waals surface area contributed by atoms with E-state index in [1.807, 2.05) is 25.1 Å². The lowest BCUT2D eigenvalue weighted by atomic mass is 10.1. The third-order valence-electron chi connectivity index (χ3n) is 4.39. The van der Waals surface area contributed by atoms with Crippen molar-refractivity contribution in [1.29, 1.82) is 0 Å². The fourth-order valence-corrected chi connectivity index (χ4v) is 4.20. The zero-order valence-corrected chi connectivity index (χ0v) is 17.7. The highest BCUT2D eigenvalue weighted by Crippen LogP contribution is 2.32. The van der Waals surface area contributed by atoms with E-state index in [0.717, 1.165) is 16.6 Å². The number of halogens is 1. The van der Waals surface area contributed by atoms with Crippen LogP contribution in [0.3, 0.4) is 0 Å². The SMILES string of the molecule is CCCSC1=NN2C(=c3cc(Br)ccc3=NC2c2cccc([N+](=O)[O-])c2)C(=O)N1. The molecule has 0 fully saturated rings. The smallest absolute Gasteiger partial charge is 0.276 e. The second kappa shape index (κ2) is 7.96. The van der Waals surface area contributed by atoms with Gasteiger partial charge in [-0.1, -0.05) is 46.7 Å². The lowest BCUT2D eigenvalue weighted by Crippen LogP contribution is -2.50. The summed E-state index contributed by atoms with van der Waals surface area (Å²) in [6.45, 7) is 2.05. The summed E-state index contributed by atoms with van der Waals surface area (Å²) in [6.07, 6.45) is 0.256. The average molecular weight is 474 g/mol. The van der Waals surface area contributed by atoms with Gasteiger partial charge in [0.1, 0.15) is 5.70 Å². The Hall–Kier alpha value is -2.72. The van der Waals surface area contributed by atoms with Gasteiger partial charge < -0.3 is 0 Å². The van der Waals surface area contributed by atoms with Crippen molar-refractivity contribution in [2.75, 3.05) is 5.75 Å². The summed E-state index contributed by atoms with van der Waals surface area (Å²) in [5.41, 5.74) is 0.920. The van der Waals surface area contributed by atoms with Gasteiger partial charge in [0.15, 0.2) is 11.3 Å². The van der Waals surface area contributed by atoms with Gasteiger partial charge in [-0.25, -0.2) is 5.01 Å². The highest BCUT2D eigenvalue weighted by atomic mass is 79.9. The standard InChI is InChI=1S/C19H16BrN5O3S/c1-2-8-29-19-22-18(26)16-14-10-12(20)6-7-15(14)21-17(24(16)23-19)11-4-3-5-13(9-11)25(27)28/h3-7,9-10,17H,2,8H2,1H3,(H,22,23,26). The lowest BCUT2D eigenvalue weighted by molar-refractivity contribution is -0.384. The van der Waals surface area contributed by atoms with E-state index < -0.39 is 11.1 Å². The molecule has 1 amide bonds. The summed E-state index contributed by atoms with van der Waals surface area (Å²) in [7, 11) is 0. The molecule has 10 heteroatoms. The minimum absolute atomic E-state index is 0.0353. The summed E-state index contributed by atoms with van der Waals surface area (Å²) < 4.78 is 0.815. The Morgan fingerprint density at radius 1 is 1.31 bits per heavy atom. The number of thioether (sulfide) groups is 1. The highest BCUT2D eigenvalue weighted by molar-refractivity contribution is 9.10. The highest BCUT2D eigenvalue weighted by Gasteiger charge is 2.34. The number of fused-ring (bicyclic) bond motifs is 2. The number of amides is 1. The number of nitrogens with one attached hydrogen (secondary N) is 1. The van der Waals surface area contributed by atoms with E-state index in [2.05, 4.69) is 26.3 Å². The first-order valence-electron chi connectivity index (χ1n) is 8.92. The van der Waals surface area contributed by atoms with Gasteiger partial charge in [-0.05, 0) is 24.6 Å². The molecule has 0 spiro atoms. The Bertz CT molecular complexity index is 1170. The van der Waals surface area contributed by atoms with Crippen molar-refractivity contribution >= 4 is 50.2 Å². The van der Waals surface area contributed by atoms with Crippen molar-refractivity contribution in [3.8, 4) is 0 Å². The molecule has 148 valence electrons. The predicted octanol–water partition coefficient (Wildman–Crippen LogP) is 2.64. The zero-order valence-electron chi connectivity index (χ0n) is 15.3. The largest absolute Gasteiger partial charge is 0.298 e. The Morgan fingerprint density at radius 2 is 2.14 bits per heavy atom. The summed E-state index contributed by atoms with van der Waals surface area (Å²) in [5, 5.41) is 22.0. The molecule has 2 aliphatic rings. The molecule has 2 aromatic carbocycles. The molecule has 2 aliphatic heterocycles. The van der Waals surface area contributed by atoms with E-state index in [-0.39, 0.29) is 11.6 Å². The number of carbonyl (C=O) groups is 1. The van der Waals surface area contributed by atoms with E-state index in [0.29, 0.717) is 27.0 Å². The fraction of sp³-hybridized carbons (Fsp3) is 0.211. The molecule has 1 N–H and O–H groups in total. The average Bonchev–Trinajstić information content (AvgIpc) is 2.71. The summed E-state index contributed by atoms with van der Waals surface area (Å²) in [5.74, 6) is 0.534. The second-order valence-corrected chi connectivity index (χ2v) is 8.42. The van der Waals surface area contributed by atoms with Crippen LogP contribution in [-0.4, -0.2) is 26.8 Å². The van der Waals surface area contributed by atoms with E-state index in [1.165, 1.54) is 23.9 Å². The van der Waals surface area contributed by atoms with Crippen LogP contribution in [0.1, 0.15) is 25.1 Å². The van der Waals surface area contributed by atoms with Crippen molar-refractivity contribution in [3.05, 3.63) is 73.2 Å². The Balaban J connectivity index is 1.92. The maximum Gasteiger partial charge on any atom is 0.276 e. The maximum atomic E-state index is 13.0. The minimum atomic E-state index is -0.679. The molecule has 1 atom stereocenters. The Morgan fingerprint density at radius 3 is 2.90 bits per heavy atom. The number of benzene rings is 2. The number of hydrazone groups is 1. The van der Waals surface area contributed by atoms with Crippen molar-refractivity contribution in [1.82, 2.24) is 10.3 Å². The topological polar surface area (TPSA) is 100 Å². The number of nitro benzene ring substituents is 1. The van der Waals surface area contributed by atoms with Crippen LogP contribution in [0.25, 0.3) is 5.70 Å². The van der Waals surface area contributed by atoms with Crippen LogP contribution in [0, 0.1) is 10.1 Å². The van der Waals surface area contributed by atoms with Crippen molar-refractivity contribution in [2.24, 2.45) is 10.1 Å². The van der Waals surface area contributed by atoms with Crippen LogP contribution >= 0.6 is 27.7 Å². The molecular weight excluding hydrogens is 458 g/mol. The van der Waals surface area contributed by atoms with Gasteiger partial charge in [0.2, 0.25) is 0 Å². The number of nitrogens with zero attached hydrogens (tertiary/aromatic N) is 4. The monoisotopic (exact) mass is 473 g/mol. The molecule has 29 heavy (non-hydrogen) atoms. The molecule has 0 radical (unpaired) electrons. The van der Waals surface area contributed by atoms with Crippen molar-refractivity contribution < 1.29 is 9.72 Å². The molecule has 1 unspecified atom stereocenters. The van der Waals surface area contributed by atoms with Crippen LogP contribution < -0.4 is 15.9 Å². The van der Waals surface area contributed by atoms with E-state index in [1.54, 1.807) is 17.1 Å². The normalized spacial score (nSPS) is 17.7. The first-order valence-corrected chi connectivity index (χ1v) is 10.7. The number of nitro groups is 1. The summed E-state index contributed by atoms with van der Waals surface area (Å²) >= 11 is 4.89. The van der Waals surface area contributed by atoms with Gasteiger partial charge in [0.25, 0.3) is 11.6 Å².